The number of rotatable bonds is 5. The second-order valence-electron chi connectivity index (χ2n) is 11.4. The van der Waals surface area contributed by atoms with E-state index in [1.54, 1.807) is 0 Å². The number of carboxylic acid groups (broad SMARTS) is 1. The summed E-state index contributed by atoms with van der Waals surface area (Å²) in [6, 6.07) is 2.60. The third kappa shape index (κ3) is 7.11. The average Bonchev–Trinajstić information content (AvgIpc) is 3.68. The third-order valence-corrected chi connectivity index (χ3v) is 7.93. The van der Waals surface area contributed by atoms with E-state index < -0.39 is 24.5 Å². The van der Waals surface area contributed by atoms with Gasteiger partial charge in [-0.05, 0) is 70.1 Å². The highest BCUT2D eigenvalue weighted by atomic mass is 19.4. The van der Waals surface area contributed by atoms with Crippen molar-refractivity contribution in [3.8, 4) is 0 Å². The minimum Gasteiger partial charge on any atom is -0.475 e. The molecule has 1 N–H and O–H groups in total. The SMILES string of the molecule is Cc1cc2c(C3=CCC(C(F)F)CC3)nc(N3C[C@@H](C)O[C@@H](c4cnn(C5CC5)c4)C3)nc2nc1C.O=C(O)C(F)(F)F. The summed E-state index contributed by atoms with van der Waals surface area (Å²) < 4.78 is 66.6. The van der Waals surface area contributed by atoms with Crippen molar-refractivity contribution in [3.63, 3.8) is 0 Å². The number of alkyl halides is 5. The van der Waals surface area contributed by atoms with Gasteiger partial charge in [-0.25, -0.2) is 23.5 Å². The summed E-state index contributed by atoms with van der Waals surface area (Å²) in [5, 5.41) is 12.6. The van der Waals surface area contributed by atoms with Gasteiger partial charge in [0.15, 0.2) is 5.65 Å². The summed E-state index contributed by atoms with van der Waals surface area (Å²) >= 11 is 0. The van der Waals surface area contributed by atoms with Crippen LogP contribution in [-0.4, -0.2) is 67.6 Å². The highest BCUT2D eigenvalue weighted by Gasteiger charge is 2.38. The molecule has 14 heteroatoms. The van der Waals surface area contributed by atoms with E-state index in [9.17, 15) is 22.0 Å². The van der Waals surface area contributed by atoms with E-state index in [-0.39, 0.29) is 12.2 Å². The number of ether oxygens (including phenoxy) is 1. The Morgan fingerprint density at radius 2 is 1.84 bits per heavy atom. The van der Waals surface area contributed by atoms with Crippen molar-refractivity contribution >= 4 is 28.5 Å². The van der Waals surface area contributed by atoms with Crippen molar-refractivity contribution in [2.24, 2.45) is 5.92 Å². The van der Waals surface area contributed by atoms with E-state index in [4.69, 9.17) is 29.6 Å². The molecule has 232 valence electrons. The number of morpholine rings is 1. The average molecular weight is 609 g/mol. The van der Waals surface area contributed by atoms with E-state index in [1.807, 2.05) is 30.8 Å². The van der Waals surface area contributed by atoms with Crippen LogP contribution in [0.5, 0.6) is 0 Å². The number of hydrogen-bond donors (Lipinski definition) is 1. The fourth-order valence-electron chi connectivity index (χ4n) is 5.27. The number of anilines is 1. The Hall–Kier alpha value is -3.68. The molecule has 0 amide bonds. The third-order valence-electron chi connectivity index (χ3n) is 7.93. The van der Waals surface area contributed by atoms with Gasteiger partial charge in [-0.2, -0.15) is 23.3 Å². The molecule has 3 aliphatic rings. The van der Waals surface area contributed by atoms with Gasteiger partial charge < -0.3 is 14.7 Å². The maximum atomic E-state index is 13.3. The lowest BCUT2D eigenvalue weighted by Crippen LogP contribution is -2.43. The first kappa shape index (κ1) is 30.8. The van der Waals surface area contributed by atoms with Gasteiger partial charge in [0.2, 0.25) is 12.4 Å². The zero-order valence-electron chi connectivity index (χ0n) is 24.0. The number of hydrogen-bond acceptors (Lipinski definition) is 7. The molecule has 3 aromatic rings. The lowest BCUT2D eigenvalue weighted by atomic mass is 9.87. The number of aryl methyl sites for hydroxylation is 2. The second kappa shape index (κ2) is 12.1. The van der Waals surface area contributed by atoms with E-state index in [0.29, 0.717) is 50.0 Å². The van der Waals surface area contributed by atoms with Crippen molar-refractivity contribution < 1.29 is 36.6 Å². The molecule has 2 fully saturated rings. The van der Waals surface area contributed by atoms with Crippen LogP contribution < -0.4 is 4.90 Å². The first-order chi connectivity index (χ1) is 20.3. The summed E-state index contributed by atoms with van der Waals surface area (Å²) in [6.07, 6.45) is 2.22. The number of halogens is 5. The summed E-state index contributed by atoms with van der Waals surface area (Å²) in [4.78, 5) is 25.8. The van der Waals surface area contributed by atoms with Gasteiger partial charge in [0.1, 0.15) is 6.10 Å². The minimum atomic E-state index is -5.08. The van der Waals surface area contributed by atoms with Crippen LogP contribution in [0.1, 0.15) is 73.7 Å². The molecule has 0 aromatic carbocycles. The molecule has 43 heavy (non-hydrogen) atoms. The molecule has 9 nitrogen and oxygen atoms in total. The highest BCUT2D eigenvalue weighted by molar-refractivity contribution is 5.89. The normalized spacial score (nSPS) is 22.8. The number of aromatic nitrogens is 5. The molecule has 3 atom stereocenters. The van der Waals surface area contributed by atoms with Crippen molar-refractivity contribution in [2.45, 2.75) is 83.7 Å². The molecule has 1 aliphatic heterocycles. The molecule has 0 bridgehead atoms. The summed E-state index contributed by atoms with van der Waals surface area (Å²) in [6.45, 7) is 7.34. The van der Waals surface area contributed by atoms with Gasteiger partial charge in [0.25, 0.3) is 0 Å². The molecule has 2 aliphatic carbocycles. The molecule has 6 rings (SSSR count). The monoisotopic (exact) mass is 608 g/mol. The first-order valence-corrected chi connectivity index (χ1v) is 14.2. The standard InChI is InChI=1S/C27H32F2N6O.C2HF3O2/c1-15-10-22-24(18-4-6-19(7-5-18)25(28)29)32-27(33-26(22)31-17(15)3)34-12-16(2)36-23(14-34)20-11-30-35(13-20)21-8-9-21;3-2(4,5)1(6)7/h4,10-11,13,16,19,21,23,25H,5-9,12,14H2,1-3H3;(H,6,7)/t16-,19?,23-;/m1./s1. The molecular formula is C29H33F5N6O3. The Bertz CT molecular complexity index is 1520. The Morgan fingerprint density at radius 1 is 1.12 bits per heavy atom. The van der Waals surface area contributed by atoms with Crippen LogP contribution in [0.3, 0.4) is 0 Å². The van der Waals surface area contributed by atoms with E-state index in [2.05, 4.69) is 29.2 Å². The van der Waals surface area contributed by atoms with Crippen LogP contribution in [-0.2, 0) is 9.53 Å². The highest BCUT2D eigenvalue weighted by Crippen LogP contribution is 2.38. The molecule has 0 radical (unpaired) electrons. The number of carboxylic acids is 1. The summed E-state index contributed by atoms with van der Waals surface area (Å²) in [7, 11) is 0. The molecule has 3 aromatic heterocycles. The largest absolute Gasteiger partial charge is 0.490 e. The van der Waals surface area contributed by atoms with Gasteiger partial charge in [-0.15, -0.1) is 0 Å². The fourth-order valence-corrected chi connectivity index (χ4v) is 5.27. The van der Waals surface area contributed by atoms with E-state index in [1.165, 1.54) is 12.8 Å². The smallest absolute Gasteiger partial charge is 0.475 e. The van der Waals surface area contributed by atoms with Crippen LogP contribution in [0, 0.1) is 19.8 Å². The van der Waals surface area contributed by atoms with Gasteiger partial charge in [-0.3, -0.25) is 4.68 Å². The second-order valence-corrected chi connectivity index (χ2v) is 11.4. The van der Waals surface area contributed by atoms with Crippen molar-refractivity contribution in [2.75, 3.05) is 18.0 Å². The molecule has 0 spiro atoms. The molecular weight excluding hydrogens is 575 g/mol. The number of nitrogens with zero attached hydrogens (tertiary/aromatic N) is 6. The number of allylic oxidation sites excluding steroid dienone is 2. The zero-order valence-corrected chi connectivity index (χ0v) is 24.0. The molecule has 1 saturated heterocycles. The predicted molar refractivity (Wildman–Crippen MR) is 148 cm³/mol. The van der Waals surface area contributed by atoms with Crippen LogP contribution in [0.2, 0.25) is 0 Å². The quantitative estimate of drug-likeness (QED) is 0.341. The van der Waals surface area contributed by atoms with Crippen molar-refractivity contribution in [1.82, 2.24) is 24.7 Å². The number of fused-ring (bicyclic) bond motifs is 1. The molecule has 1 saturated carbocycles. The van der Waals surface area contributed by atoms with Crippen LogP contribution in [0.25, 0.3) is 16.6 Å². The Balaban J connectivity index is 0.000000472. The topological polar surface area (TPSA) is 106 Å². The van der Waals surface area contributed by atoms with E-state index >= 15 is 0 Å². The van der Waals surface area contributed by atoms with Gasteiger partial charge in [-0.1, -0.05) is 6.08 Å². The van der Waals surface area contributed by atoms with Crippen molar-refractivity contribution in [3.05, 3.63) is 47.1 Å². The number of carbonyl (C=O) groups is 1. The maximum Gasteiger partial charge on any atom is 0.490 e. The Labute approximate surface area is 244 Å². The van der Waals surface area contributed by atoms with Gasteiger partial charge in [0.05, 0.1) is 30.6 Å². The molecule has 1 unspecified atom stereocenters. The lowest BCUT2D eigenvalue weighted by Gasteiger charge is -2.36. The minimum absolute atomic E-state index is 0.0100. The first-order valence-electron chi connectivity index (χ1n) is 14.2. The fraction of sp³-hybridized carbons (Fsp3) is 0.552. The van der Waals surface area contributed by atoms with Crippen LogP contribution >= 0.6 is 0 Å². The summed E-state index contributed by atoms with van der Waals surface area (Å²) in [5.41, 5.74) is 5.53. The Kier molecular flexibility index (Phi) is 8.68. The Morgan fingerprint density at radius 3 is 2.44 bits per heavy atom. The van der Waals surface area contributed by atoms with Crippen LogP contribution in [0.15, 0.2) is 24.5 Å². The number of aliphatic carboxylic acids is 1. The molecule has 4 heterocycles. The number of pyridine rings is 1. The van der Waals surface area contributed by atoms with Crippen molar-refractivity contribution in [1.29, 1.82) is 0 Å². The lowest BCUT2D eigenvalue weighted by molar-refractivity contribution is -0.192. The zero-order chi connectivity index (χ0) is 31.1. The van der Waals surface area contributed by atoms with Gasteiger partial charge >= 0.3 is 12.1 Å². The maximum absolute atomic E-state index is 13.3. The summed E-state index contributed by atoms with van der Waals surface area (Å²) in [5.74, 6) is -2.73. The van der Waals surface area contributed by atoms with Gasteiger partial charge in [0, 0.05) is 35.3 Å². The van der Waals surface area contributed by atoms with E-state index in [0.717, 1.165) is 33.5 Å². The van der Waals surface area contributed by atoms with Crippen LogP contribution in [0.4, 0.5) is 27.9 Å². The predicted octanol–water partition coefficient (Wildman–Crippen LogP) is 6.22.